The van der Waals surface area contributed by atoms with Gasteiger partial charge in [-0.1, -0.05) is 25.7 Å². The molecule has 3 rings (SSSR count). The predicted octanol–water partition coefficient (Wildman–Crippen LogP) is 3.79. The molecule has 0 bridgehead atoms. The molecule has 2 aliphatic carbocycles. The van der Waals surface area contributed by atoms with Crippen LogP contribution in [0, 0.1) is 18.8 Å². The Hall–Kier alpha value is -1.59. The summed E-state index contributed by atoms with van der Waals surface area (Å²) < 4.78 is 0. The van der Waals surface area contributed by atoms with Crippen LogP contribution in [0.4, 0.5) is 5.69 Å². The fourth-order valence-electron chi connectivity index (χ4n) is 4.35. The number of hydrogen-bond acceptors (Lipinski definition) is 3. The predicted molar refractivity (Wildman–Crippen MR) is 111 cm³/mol. The lowest BCUT2D eigenvalue weighted by Gasteiger charge is -2.23. The third-order valence-corrected chi connectivity index (χ3v) is 5.99. The van der Waals surface area contributed by atoms with E-state index in [-0.39, 0.29) is 36.1 Å². The molecule has 2 amide bonds. The summed E-state index contributed by atoms with van der Waals surface area (Å²) in [5, 5.41) is 6.18. The highest BCUT2D eigenvalue weighted by molar-refractivity contribution is 5.97. The molecule has 4 N–H and O–H groups in total. The maximum absolute atomic E-state index is 12.6. The second-order valence-corrected chi connectivity index (χ2v) is 7.86. The van der Waals surface area contributed by atoms with E-state index in [9.17, 15) is 9.59 Å². The van der Waals surface area contributed by atoms with Gasteiger partial charge >= 0.3 is 0 Å². The van der Waals surface area contributed by atoms with Gasteiger partial charge in [0, 0.05) is 23.2 Å². The van der Waals surface area contributed by atoms with Crippen molar-refractivity contribution in [3.8, 4) is 0 Å². The van der Waals surface area contributed by atoms with Crippen molar-refractivity contribution in [2.24, 2.45) is 17.6 Å². The first-order valence-corrected chi connectivity index (χ1v) is 10.0. The number of nitrogens with one attached hydrogen (secondary N) is 2. The van der Waals surface area contributed by atoms with E-state index in [1.807, 2.05) is 19.1 Å². The third kappa shape index (κ3) is 5.45. The zero-order valence-electron chi connectivity index (χ0n) is 16.1. The highest BCUT2D eigenvalue weighted by Crippen LogP contribution is 2.32. The lowest BCUT2D eigenvalue weighted by Crippen LogP contribution is -2.36. The van der Waals surface area contributed by atoms with E-state index in [1.54, 1.807) is 6.07 Å². The number of carbonyl (C=O) groups excluding carboxylic acids is 2. The number of amides is 2. The molecule has 1 aromatic rings. The second kappa shape index (κ2) is 10.1. The number of aryl methyl sites for hydroxylation is 1. The molecule has 2 atom stereocenters. The molecule has 0 unspecified atom stereocenters. The number of anilines is 1. The smallest absolute Gasteiger partial charge is 0.251 e. The Morgan fingerprint density at radius 2 is 1.81 bits per heavy atom. The van der Waals surface area contributed by atoms with Crippen molar-refractivity contribution in [3.05, 3.63) is 29.3 Å². The first-order valence-electron chi connectivity index (χ1n) is 10.0. The minimum atomic E-state index is -0.0168. The summed E-state index contributed by atoms with van der Waals surface area (Å²) in [5.74, 6) is 0.335. The summed E-state index contributed by atoms with van der Waals surface area (Å²) in [6.45, 7) is 2.50. The first-order chi connectivity index (χ1) is 12.6. The van der Waals surface area contributed by atoms with E-state index in [1.165, 1.54) is 19.3 Å². The number of carbonyl (C=O) groups is 2. The molecule has 2 saturated carbocycles. The number of hydrogen-bond donors (Lipinski definition) is 3. The molecule has 2 aliphatic rings. The number of halogens is 1. The lowest BCUT2D eigenvalue weighted by atomic mass is 9.95. The van der Waals surface area contributed by atoms with Gasteiger partial charge in [-0.25, -0.2) is 0 Å². The van der Waals surface area contributed by atoms with Gasteiger partial charge < -0.3 is 16.4 Å². The van der Waals surface area contributed by atoms with Gasteiger partial charge in [-0.05, 0) is 68.8 Å². The van der Waals surface area contributed by atoms with E-state index in [0.29, 0.717) is 18.2 Å². The fourth-order valence-corrected chi connectivity index (χ4v) is 4.35. The van der Waals surface area contributed by atoms with Crippen LogP contribution in [0.5, 0.6) is 0 Å². The van der Waals surface area contributed by atoms with Crippen LogP contribution in [-0.4, -0.2) is 24.4 Å². The molecule has 27 heavy (non-hydrogen) atoms. The van der Waals surface area contributed by atoms with Gasteiger partial charge in [0.1, 0.15) is 0 Å². The van der Waals surface area contributed by atoms with Gasteiger partial charge in [-0.3, -0.25) is 9.59 Å². The standard InChI is InChI=1S/C21H31N3O2.ClH/c1-14-12-15(20(25)23-17-7-3-2-4-8-17)10-11-19(14)24-21(26)18-9-5-6-16(18)13-22;/h10-12,16-18H,2-9,13,22H2,1H3,(H,23,25)(H,24,26);1H/t16-,18-;/m1./s1. The lowest BCUT2D eigenvalue weighted by molar-refractivity contribution is -0.120. The Kier molecular flexibility index (Phi) is 8.11. The van der Waals surface area contributed by atoms with Crippen LogP contribution in [0.15, 0.2) is 18.2 Å². The van der Waals surface area contributed by atoms with Gasteiger partial charge in [0.15, 0.2) is 0 Å². The van der Waals surface area contributed by atoms with Gasteiger partial charge in [-0.15, -0.1) is 12.4 Å². The van der Waals surface area contributed by atoms with Gasteiger partial charge in [-0.2, -0.15) is 0 Å². The van der Waals surface area contributed by atoms with E-state index < -0.39 is 0 Å². The molecule has 0 aliphatic heterocycles. The molecule has 0 saturated heterocycles. The van der Waals surface area contributed by atoms with Crippen molar-refractivity contribution >= 4 is 29.9 Å². The summed E-state index contributed by atoms with van der Waals surface area (Å²) >= 11 is 0. The fraction of sp³-hybridized carbons (Fsp3) is 0.619. The molecule has 1 aromatic carbocycles. The van der Waals surface area contributed by atoms with Crippen molar-refractivity contribution in [2.75, 3.05) is 11.9 Å². The van der Waals surface area contributed by atoms with Crippen molar-refractivity contribution in [3.63, 3.8) is 0 Å². The normalized spacial score (nSPS) is 22.7. The van der Waals surface area contributed by atoms with Crippen LogP contribution in [-0.2, 0) is 4.79 Å². The molecule has 0 heterocycles. The largest absolute Gasteiger partial charge is 0.349 e. The van der Waals surface area contributed by atoms with Crippen LogP contribution in [0.25, 0.3) is 0 Å². The second-order valence-electron chi connectivity index (χ2n) is 7.86. The summed E-state index contributed by atoms with van der Waals surface area (Å²) in [5.41, 5.74) is 8.15. The van der Waals surface area contributed by atoms with Gasteiger partial charge in [0.25, 0.3) is 5.91 Å². The SMILES string of the molecule is Cc1cc(C(=O)NC2CCCCC2)ccc1NC(=O)[C@@H]1CCC[C@@H]1CN.Cl. The molecule has 2 fully saturated rings. The van der Waals surface area contributed by atoms with Gasteiger partial charge in [0.05, 0.1) is 0 Å². The van der Waals surface area contributed by atoms with Crippen LogP contribution in [0.3, 0.4) is 0 Å². The first kappa shape index (κ1) is 21.7. The Labute approximate surface area is 168 Å². The summed E-state index contributed by atoms with van der Waals surface area (Å²) in [6.07, 6.45) is 8.82. The molecular formula is C21H32ClN3O2. The molecule has 0 spiro atoms. The Bertz CT molecular complexity index is 659. The minimum Gasteiger partial charge on any atom is -0.349 e. The number of benzene rings is 1. The average Bonchev–Trinajstić information content (AvgIpc) is 3.13. The van der Waals surface area contributed by atoms with Crippen LogP contribution < -0.4 is 16.4 Å². The monoisotopic (exact) mass is 393 g/mol. The minimum absolute atomic E-state index is 0. The molecule has 150 valence electrons. The van der Waals surface area contributed by atoms with Gasteiger partial charge in [0.2, 0.25) is 5.91 Å². The van der Waals surface area contributed by atoms with Crippen LogP contribution in [0.1, 0.15) is 67.3 Å². The number of rotatable bonds is 5. The Balaban J connectivity index is 0.00000261. The topological polar surface area (TPSA) is 84.2 Å². The van der Waals surface area contributed by atoms with E-state index in [0.717, 1.165) is 43.4 Å². The molecule has 5 nitrogen and oxygen atoms in total. The Morgan fingerprint density at radius 3 is 2.48 bits per heavy atom. The third-order valence-electron chi connectivity index (χ3n) is 5.99. The summed E-state index contributed by atoms with van der Waals surface area (Å²) in [6, 6.07) is 5.81. The van der Waals surface area contributed by atoms with E-state index >= 15 is 0 Å². The molecular weight excluding hydrogens is 362 g/mol. The summed E-state index contributed by atoms with van der Waals surface area (Å²) in [4.78, 5) is 25.0. The van der Waals surface area contributed by atoms with Crippen molar-refractivity contribution < 1.29 is 9.59 Å². The molecule has 0 aromatic heterocycles. The molecule has 0 radical (unpaired) electrons. The maximum atomic E-state index is 12.6. The van der Waals surface area contributed by atoms with E-state index in [2.05, 4.69) is 10.6 Å². The quantitative estimate of drug-likeness (QED) is 0.711. The highest BCUT2D eigenvalue weighted by Gasteiger charge is 2.32. The zero-order valence-corrected chi connectivity index (χ0v) is 16.9. The summed E-state index contributed by atoms with van der Waals surface area (Å²) in [7, 11) is 0. The zero-order chi connectivity index (χ0) is 18.5. The maximum Gasteiger partial charge on any atom is 0.251 e. The van der Waals surface area contributed by atoms with Crippen molar-refractivity contribution in [1.29, 1.82) is 0 Å². The van der Waals surface area contributed by atoms with Crippen molar-refractivity contribution in [1.82, 2.24) is 5.32 Å². The number of nitrogens with two attached hydrogens (primary N) is 1. The average molecular weight is 394 g/mol. The highest BCUT2D eigenvalue weighted by atomic mass is 35.5. The molecule has 6 heteroatoms. The van der Waals surface area contributed by atoms with Crippen molar-refractivity contribution in [2.45, 2.75) is 64.3 Å². The van der Waals surface area contributed by atoms with Crippen LogP contribution >= 0.6 is 12.4 Å². The Morgan fingerprint density at radius 1 is 1.07 bits per heavy atom. The van der Waals surface area contributed by atoms with Crippen LogP contribution in [0.2, 0.25) is 0 Å². The van der Waals surface area contributed by atoms with E-state index in [4.69, 9.17) is 5.73 Å².